The van der Waals surface area contributed by atoms with Crippen LogP contribution in [0.25, 0.3) is 6.08 Å². The molecule has 162 valence electrons. The summed E-state index contributed by atoms with van der Waals surface area (Å²) < 4.78 is 12.0. The van der Waals surface area contributed by atoms with Gasteiger partial charge in [-0.2, -0.15) is 0 Å². The molecule has 2 aliphatic rings. The Morgan fingerprint density at radius 1 is 1.19 bits per heavy atom. The van der Waals surface area contributed by atoms with Gasteiger partial charge in [0.1, 0.15) is 10.9 Å². The summed E-state index contributed by atoms with van der Waals surface area (Å²) in [6, 6.07) is 10.8. The van der Waals surface area contributed by atoms with Gasteiger partial charge in [-0.3, -0.25) is 9.69 Å². The highest BCUT2D eigenvalue weighted by Gasteiger charge is 2.34. The van der Waals surface area contributed by atoms with E-state index in [1.807, 2.05) is 18.2 Å². The van der Waals surface area contributed by atoms with Crippen molar-refractivity contribution in [3.63, 3.8) is 0 Å². The molecule has 4 nitrogen and oxygen atoms in total. The van der Waals surface area contributed by atoms with Gasteiger partial charge >= 0.3 is 0 Å². The van der Waals surface area contributed by atoms with E-state index in [0.717, 1.165) is 25.0 Å². The van der Waals surface area contributed by atoms with Crippen molar-refractivity contribution in [3.05, 3.63) is 67.5 Å². The van der Waals surface area contributed by atoms with E-state index in [1.165, 1.54) is 11.8 Å². The first-order valence-electron chi connectivity index (χ1n) is 9.64. The third-order valence-electron chi connectivity index (χ3n) is 4.93. The summed E-state index contributed by atoms with van der Waals surface area (Å²) in [6.45, 7) is 1.45. The molecular weight excluding hydrogens is 497 g/mol. The van der Waals surface area contributed by atoms with Crippen molar-refractivity contribution < 1.29 is 14.3 Å². The van der Waals surface area contributed by atoms with Crippen LogP contribution in [0.5, 0.6) is 5.75 Å². The molecule has 0 radical (unpaired) electrons. The summed E-state index contributed by atoms with van der Waals surface area (Å²) in [4.78, 5) is 15.0. The molecule has 2 aromatic carbocycles. The second-order valence-corrected chi connectivity index (χ2v) is 10.0. The maximum absolute atomic E-state index is 12.8. The first kappa shape index (κ1) is 22.9. The molecule has 31 heavy (non-hydrogen) atoms. The minimum Gasteiger partial charge on any atom is -0.486 e. The summed E-state index contributed by atoms with van der Waals surface area (Å²) >= 11 is 25.7. The summed E-state index contributed by atoms with van der Waals surface area (Å²) in [6.07, 6.45) is 3.73. The zero-order chi connectivity index (χ0) is 22.0. The summed E-state index contributed by atoms with van der Waals surface area (Å²) in [5.74, 6) is 0.239. The van der Waals surface area contributed by atoms with Gasteiger partial charge in [0.25, 0.3) is 5.91 Å². The second-order valence-electron chi connectivity index (χ2n) is 7.12. The topological polar surface area (TPSA) is 38.8 Å². The molecule has 4 rings (SSSR count). The molecule has 1 atom stereocenters. The van der Waals surface area contributed by atoms with Crippen LogP contribution in [0.15, 0.2) is 41.3 Å². The molecule has 0 saturated carbocycles. The standard InChI is InChI=1S/C22H18Cl3NO3S2/c23-16-6-2-1-4-14(16)12-29-20-17(24)8-13(9-18(20)25)10-19-21(27)26(22(30)31-19)11-15-5-3-7-28-15/h1-2,4,6,8-10,15H,3,5,7,11-12H2/b19-10-/t15-/m0/s1. The first-order valence-corrected chi connectivity index (χ1v) is 12.0. The number of hydrogen-bond acceptors (Lipinski definition) is 5. The third-order valence-corrected chi connectivity index (χ3v) is 7.24. The maximum atomic E-state index is 12.8. The molecule has 2 saturated heterocycles. The van der Waals surface area contributed by atoms with Crippen molar-refractivity contribution in [2.75, 3.05) is 13.2 Å². The lowest BCUT2D eigenvalue weighted by Gasteiger charge is -2.18. The van der Waals surface area contributed by atoms with Gasteiger partial charge in [0, 0.05) is 17.2 Å². The molecule has 0 bridgehead atoms. The predicted molar refractivity (Wildman–Crippen MR) is 131 cm³/mol. The number of ether oxygens (including phenoxy) is 2. The number of nitrogens with zero attached hydrogens (tertiary/aromatic N) is 1. The van der Waals surface area contributed by atoms with E-state index in [2.05, 4.69) is 0 Å². The SMILES string of the molecule is O=C1/C(=C/c2cc(Cl)c(OCc3ccccc3Cl)c(Cl)c2)SC(=S)N1C[C@@H]1CCCO1. The molecule has 0 aromatic heterocycles. The van der Waals surface area contributed by atoms with Crippen LogP contribution in [0.3, 0.4) is 0 Å². The molecule has 1 amide bonds. The minimum absolute atomic E-state index is 0.0419. The smallest absolute Gasteiger partial charge is 0.266 e. The molecule has 9 heteroatoms. The van der Waals surface area contributed by atoms with Gasteiger partial charge in [0.05, 0.1) is 27.6 Å². The molecule has 2 fully saturated rings. The summed E-state index contributed by atoms with van der Waals surface area (Å²) in [5, 5.41) is 1.30. The van der Waals surface area contributed by atoms with Crippen molar-refractivity contribution in [1.29, 1.82) is 0 Å². The first-order chi connectivity index (χ1) is 14.9. The van der Waals surface area contributed by atoms with E-state index in [9.17, 15) is 4.79 Å². The Balaban J connectivity index is 1.48. The highest BCUT2D eigenvalue weighted by molar-refractivity contribution is 8.26. The molecule has 0 spiro atoms. The Bertz CT molecular complexity index is 1030. The number of carbonyl (C=O) groups is 1. The van der Waals surface area contributed by atoms with Crippen LogP contribution >= 0.6 is 58.8 Å². The predicted octanol–water partition coefficient (Wildman–Crippen LogP) is 6.61. The Morgan fingerprint density at radius 3 is 2.61 bits per heavy atom. The number of benzene rings is 2. The second kappa shape index (κ2) is 10.1. The van der Waals surface area contributed by atoms with Crippen LogP contribution < -0.4 is 4.74 Å². The minimum atomic E-state index is -0.128. The lowest BCUT2D eigenvalue weighted by Crippen LogP contribution is -2.35. The molecular formula is C22H18Cl3NO3S2. The Labute approximate surface area is 205 Å². The zero-order valence-corrected chi connectivity index (χ0v) is 20.2. The number of thioether (sulfide) groups is 1. The third kappa shape index (κ3) is 5.38. The highest BCUT2D eigenvalue weighted by Crippen LogP contribution is 2.38. The average Bonchev–Trinajstić information content (AvgIpc) is 3.33. The number of halogens is 3. The number of rotatable bonds is 6. The fourth-order valence-corrected chi connectivity index (χ4v) is 5.45. The summed E-state index contributed by atoms with van der Waals surface area (Å²) in [5.41, 5.74) is 1.52. The Kier molecular flexibility index (Phi) is 7.47. The van der Waals surface area contributed by atoms with Crippen LogP contribution in [0.2, 0.25) is 15.1 Å². The normalized spacial score (nSPS) is 20.2. The van der Waals surface area contributed by atoms with Crippen LogP contribution in [-0.4, -0.2) is 34.4 Å². The Morgan fingerprint density at radius 2 is 1.94 bits per heavy atom. The van der Waals surface area contributed by atoms with Gasteiger partial charge in [0.15, 0.2) is 5.75 Å². The van der Waals surface area contributed by atoms with Crippen molar-refractivity contribution >= 4 is 75.1 Å². The maximum Gasteiger partial charge on any atom is 0.266 e. The van der Waals surface area contributed by atoms with Gasteiger partial charge in [-0.25, -0.2) is 0 Å². The number of thiocarbonyl (C=S) groups is 1. The molecule has 2 aliphatic heterocycles. The largest absolute Gasteiger partial charge is 0.486 e. The average molecular weight is 515 g/mol. The lowest BCUT2D eigenvalue weighted by atomic mass is 10.2. The fraction of sp³-hybridized carbons (Fsp3) is 0.273. The molecule has 2 heterocycles. The van der Waals surface area contributed by atoms with E-state index in [1.54, 1.807) is 29.2 Å². The molecule has 0 aliphatic carbocycles. The van der Waals surface area contributed by atoms with Gasteiger partial charge in [-0.1, -0.05) is 77.0 Å². The van der Waals surface area contributed by atoms with E-state index in [0.29, 0.717) is 42.2 Å². The molecule has 0 unspecified atom stereocenters. The van der Waals surface area contributed by atoms with Gasteiger partial charge in [-0.15, -0.1) is 0 Å². The quantitative estimate of drug-likeness (QED) is 0.320. The van der Waals surface area contributed by atoms with Gasteiger partial charge < -0.3 is 9.47 Å². The van der Waals surface area contributed by atoms with E-state index < -0.39 is 0 Å². The van der Waals surface area contributed by atoms with E-state index >= 15 is 0 Å². The van der Waals surface area contributed by atoms with Crippen molar-refractivity contribution in [2.24, 2.45) is 0 Å². The van der Waals surface area contributed by atoms with E-state index in [4.69, 9.17) is 56.5 Å². The Hall–Kier alpha value is -1.28. The summed E-state index contributed by atoms with van der Waals surface area (Å²) in [7, 11) is 0. The van der Waals surface area contributed by atoms with Crippen LogP contribution in [-0.2, 0) is 16.1 Å². The number of hydrogen-bond donors (Lipinski definition) is 0. The van der Waals surface area contributed by atoms with Crippen LogP contribution in [0.1, 0.15) is 24.0 Å². The number of amides is 1. The van der Waals surface area contributed by atoms with Crippen molar-refractivity contribution in [3.8, 4) is 5.75 Å². The van der Waals surface area contributed by atoms with E-state index in [-0.39, 0.29) is 18.6 Å². The van der Waals surface area contributed by atoms with Crippen molar-refractivity contribution in [2.45, 2.75) is 25.6 Å². The van der Waals surface area contributed by atoms with Gasteiger partial charge in [-0.05, 0) is 42.7 Å². The van der Waals surface area contributed by atoms with Crippen LogP contribution in [0, 0.1) is 0 Å². The monoisotopic (exact) mass is 513 g/mol. The molecule has 0 N–H and O–H groups in total. The zero-order valence-electron chi connectivity index (χ0n) is 16.3. The van der Waals surface area contributed by atoms with Crippen LogP contribution in [0.4, 0.5) is 0 Å². The molecule has 2 aromatic rings. The fourth-order valence-electron chi connectivity index (χ4n) is 3.37. The lowest BCUT2D eigenvalue weighted by molar-refractivity contribution is -0.123. The van der Waals surface area contributed by atoms with Gasteiger partial charge in [0.2, 0.25) is 0 Å². The number of carbonyl (C=O) groups excluding carboxylic acids is 1. The van der Waals surface area contributed by atoms with Crippen molar-refractivity contribution in [1.82, 2.24) is 4.90 Å². The highest BCUT2D eigenvalue weighted by atomic mass is 35.5.